The largest absolute Gasteiger partial charge is 0.356 e. The number of aromatic nitrogens is 5. The van der Waals surface area contributed by atoms with E-state index in [4.69, 9.17) is 4.52 Å². The van der Waals surface area contributed by atoms with Crippen LogP contribution in [-0.2, 0) is 0 Å². The zero-order valence-corrected chi connectivity index (χ0v) is 16.3. The predicted molar refractivity (Wildman–Crippen MR) is 103 cm³/mol. The molecule has 4 rings (SSSR count). The molecule has 1 saturated heterocycles. The zero-order chi connectivity index (χ0) is 19.7. The number of nitrogens with one attached hydrogen (secondary N) is 1. The van der Waals surface area contributed by atoms with Gasteiger partial charge < -0.3 is 9.42 Å². The maximum Gasteiger partial charge on any atom is 0.274 e. The van der Waals surface area contributed by atoms with Crippen molar-refractivity contribution in [2.45, 2.75) is 45.4 Å². The summed E-state index contributed by atoms with van der Waals surface area (Å²) < 4.78 is 5.43. The molecule has 3 aromatic heterocycles. The number of carbonyl (C=O) groups excluding carboxylic acids is 1. The molecule has 1 atom stereocenters. The molecule has 1 amide bonds. The number of aryl methyl sites for hydroxylation is 1. The summed E-state index contributed by atoms with van der Waals surface area (Å²) in [5, 5.41) is 11.1. The number of piperidine rings is 1. The Kier molecular flexibility index (Phi) is 4.93. The van der Waals surface area contributed by atoms with E-state index in [9.17, 15) is 4.79 Å². The number of carbonyl (C=O) groups is 1. The number of H-pyrrole nitrogens is 1. The Bertz CT molecular complexity index is 976. The van der Waals surface area contributed by atoms with E-state index >= 15 is 0 Å². The number of likely N-dealkylation sites (tertiary alicyclic amines) is 1. The van der Waals surface area contributed by atoms with Gasteiger partial charge in [0.05, 0.1) is 17.0 Å². The van der Waals surface area contributed by atoms with Crippen molar-refractivity contribution in [1.29, 1.82) is 0 Å². The van der Waals surface area contributed by atoms with Crippen molar-refractivity contribution < 1.29 is 9.32 Å². The van der Waals surface area contributed by atoms with Gasteiger partial charge in [-0.1, -0.05) is 19.0 Å². The highest BCUT2D eigenvalue weighted by atomic mass is 16.5. The third-order valence-corrected chi connectivity index (χ3v) is 5.17. The molecule has 0 aromatic carbocycles. The molecule has 4 heterocycles. The molecule has 1 fully saturated rings. The highest BCUT2D eigenvalue weighted by molar-refractivity contribution is 5.92. The molecule has 0 bridgehead atoms. The van der Waals surface area contributed by atoms with Crippen molar-refractivity contribution in [2.75, 3.05) is 13.1 Å². The first kappa shape index (κ1) is 18.3. The topological polar surface area (TPSA) is 101 Å². The first-order valence-electron chi connectivity index (χ1n) is 9.61. The minimum atomic E-state index is -0.0426. The van der Waals surface area contributed by atoms with E-state index in [2.05, 4.69) is 39.2 Å². The highest BCUT2D eigenvalue weighted by Crippen LogP contribution is 2.33. The van der Waals surface area contributed by atoms with Gasteiger partial charge in [0.25, 0.3) is 5.91 Å². The maximum atomic E-state index is 13.0. The molecule has 0 aliphatic carbocycles. The average Bonchev–Trinajstić information content (AvgIpc) is 3.37. The van der Waals surface area contributed by atoms with Gasteiger partial charge in [-0.2, -0.15) is 5.10 Å². The van der Waals surface area contributed by atoms with E-state index in [1.54, 1.807) is 12.5 Å². The summed E-state index contributed by atoms with van der Waals surface area (Å²) in [6.07, 6.45) is 5.17. The van der Waals surface area contributed by atoms with Crippen molar-refractivity contribution >= 4 is 5.91 Å². The maximum absolute atomic E-state index is 13.0. The minimum Gasteiger partial charge on any atom is -0.356 e. The van der Waals surface area contributed by atoms with Crippen LogP contribution in [0.5, 0.6) is 0 Å². The summed E-state index contributed by atoms with van der Waals surface area (Å²) in [6.45, 7) is 7.34. The molecule has 0 saturated carbocycles. The van der Waals surface area contributed by atoms with Gasteiger partial charge in [0.1, 0.15) is 12.0 Å². The summed E-state index contributed by atoms with van der Waals surface area (Å²) in [7, 11) is 0. The van der Waals surface area contributed by atoms with Gasteiger partial charge in [0.2, 0.25) is 0 Å². The molecule has 1 N–H and O–H groups in total. The number of aromatic amines is 1. The van der Waals surface area contributed by atoms with E-state index in [0.717, 1.165) is 42.0 Å². The number of nitrogens with zero attached hydrogens (tertiary/aromatic N) is 5. The Balaban J connectivity index is 1.57. The van der Waals surface area contributed by atoms with Crippen LogP contribution < -0.4 is 0 Å². The van der Waals surface area contributed by atoms with Crippen molar-refractivity contribution in [3.63, 3.8) is 0 Å². The Morgan fingerprint density at radius 1 is 1.36 bits per heavy atom. The Morgan fingerprint density at radius 3 is 2.93 bits per heavy atom. The summed E-state index contributed by atoms with van der Waals surface area (Å²) in [4.78, 5) is 23.5. The molecule has 3 aromatic rings. The quantitative estimate of drug-likeness (QED) is 0.745. The van der Waals surface area contributed by atoms with Crippen LogP contribution in [0.2, 0.25) is 0 Å². The van der Waals surface area contributed by atoms with Crippen LogP contribution in [-0.4, -0.2) is 49.2 Å². The monoisotopic (exact) mass is 380 g/mol. The molecule has 28 heavy (non-hydrogen) atoms. The van der Waals surface area contributed by atoms with Gasteiger partial charge in [-0.25, -0.2) is 9.97 Å². The third kappa shape index (κ3) is 3.54. The molecule has 8 nitrogen and oxygen atoms in total. The predicted octanol–water partition coefficient (Wildman–Crippen LogP) is 3.31. The van der Waals surface area contributed by atoms with Gasteiger partial charge in [-0.05, 0) is 31.7 Å². The molecule has 0 radical (unpaired) electrons. The lowest BCUT2D eigenvalue weighted by Crippen LogP contribution is -2.39. The molecule has 1 aliphatic rings. The van der Waals surface area contributed by atoms with Crippen molar-refractivity contribution in [3.8, 4) is 11.3 Å². The van der Waals surface area contributed by atoms with Crippen LogP contribution in [0.3, 0.4) is 0 Å². The van der Waals surface area contributed by atoms with Gasteiger partial charge in [0, 0.05) is 37.0 Å². The van der Waals surface area contributed by atoms with E-state index in [1.165, 1.54) is 0 Å². The van der Waals surface area contributed by atoms with Crippen LogP contribution in [0.1, 0.15) is 66.1 Å². The van der Waals surface area contributed by atoms with E-state index in [1.807, 2.05) is 24.0 Å². The average molecular weight is 380 g/mol. The summed E-state index contributed by atoms with van der Waals surface area (Å²) >= 11 is 0. The molecule has 146 valence electrons. The second-order valence-electron chi connectivity index (χ2n) is 7.61. The second-order valence-corrected chi connectivity index (χ2v) is 7.61. The lowest BCUT2D eigenvalue weighted by atomic mass is 9.91. The van der Waals surface area contributed by atoms with E-state index in [-0.39, 0.29) is 11.8 Å². The summed E-state index contributed by atoms with van der Waals surface area (Å²) in [5.41, 5.74) is 3.98. The molecular weight excluding hydrogens is 356 g/mol. The lowest BCUT2D eigenvalue weighted by Gasteiger charge is -2.32. The van der Waals surface area contributed by atoms with Crippen LogP contribution in [0.25, 0.3) is 11.3 Å². The van der Waals surface area contributed by atoms with E-state index < -0.39 is 0 Å². The normalized spacial score (nSPS) is 17.3. The van der Waals surface area contributed by atoms with Gasteiger partial charge in [-0.15, -0.1) is 0 Å². The first-order chi connectivity index (χ1) is 13.5. The van der Waals surface area contributed by atoms with E-state index in [0.29, 0.717) is 23.9 Å². The van der Waals surface area contributed by atoms with Crippen LogP contribution in [0.15, 0.2) is 29.2 Å². The van der Waals surface area contributed by atoms with Crippen molar-refractivity contribution in [2.24, 2.45) is 0 Å². The first-order valence-corrected chi connectivity index (χ1v) is 9.61. The molecule has 0 spiro atoms. The summed E-state index contributed by atoms with van der Waals surface area (Å²) in [5.74, 6) is 1.03. The lowest BCUT2D eigenvalue weighted by molar-refractivity contribution is 0.0700. The standard InChI is InChI=1S/C20H24N6O2/c1-12(2)16-8-17(24-23-16)20(27)26-6-4-5-14(10-26)19-15(9-21-11-22-19)18-7-13(3)25-28-18/h7-9,11-12,14H,4-6,10H2,1-3H3,(H,23,24). The minimum absolute atomic E-state index is 0.0426. The van der Waals surface area contributed by atoms with Gasteiger partial charge in [-0.3, -0.25) is 9.89 Å². The van der Waals surface area contributed by atoms with Crippen LogP contribution in [0.4, 0.5) is 0 Å². The number of hydrogen-bond donors (Lipinski definition) is 1. The fourth-order valence-corrected chi connectivity index (χ4v) is 3.63. The van der Waals surface area contributed by atoms with Crippen LogP contribution in [0, 0.1) is 6.92 Å². The number of amides is 1. The molecular formula is C20H24N6O2. The third-order valence-electron chi connectivity index (χ3n) is 5.17. The van der Waals surface area contributed by atoms with Crippen LogP contribution >= 0.6 is 0 Å². The highest BCUT2D eigenvalue weighted by Gasteiger charge is 2.30. The smallest absolute Gasteiger partial charge is 0.274 e. The Hall–Kier alpha value is -3.03. The van der Waals surface area contributed by atoms with Gasteiger partial charge in [0.15, 0.2) is 5.76 Å². The van der Waals surface area contributed by atoms with Gasteiger partial charge >= 0.3 is 0 Å². The number of hydrogen-bond acceptors (Lipinski definition) is 6. The Labute approximate surface area is 163 Å². The molecule has 8 heteroatoms. The van der Waals surface area contributed by atoms with Crippen molar-refractivity contribution in [3.05, 3.63) is 47.4 Å². The number of rotatable bonds is 4. The summed E-state index contributed by atoms with van der Waals surface area (Å²) in [6, 6.07) is 3.73. The second kappa shape index (κ2) is 7.53. The fourth-order valence-electron chi connectivity index (χ4n) is 3.63. The zero-order valence-electron chi connectivity index (χ0n) is 16.3. The molecule has 1 aliphatic heterocycles. The molecule has 1 unspecified atom stereocenters. The fraction of sp³-hybridized carbons (Fsp3) is 0.450. The SMILES string of the molecule is Cc1cc(-c2cncnc2C2CCCN(C(=O)c3cc(C(C)C)[nH]n3)C2)on1. The Morgan fingerprint density at radius 2 is 2.21 bits per heavy atom. The van der Waals surface area contributed by atoms with Crippen molar-refractivity contribution in [1.82, 2.24) is 30.2 Å².